The second-order valence-electron chi connectivity index (χ2n) is 5.52. The number of ether oxygens (including phenoxy) is 1. The van der Waals surface area contributed by atoms with Gasteiger partial charge in [-0.25, -0.2) is 9.67 Å². The molecule has 0 fully saturated rings. The second-order valence-corrected chi connectivity index (χ2v) is 5.52. The molecule has 0 N–H and O–H groups in total. The van der Waals surface area contributed by atoms with Gasteiger partial charge in [-0.05, 0) is 17.4 Å². The fraction of sp³-hybridized carbons (Fsp3) is 0.294. The molecule has 0 spiro atoms. The van der Waals surface area contributed by atoms with Gasteiger partial charge in [0.25, 0.3) is 0 Å². The standard InChI is InChI=1S/C17H19N3O/c1-13(2)10-20-17(18-12-19-20)11-21-16-9-5-7-14-6-3-4-8-15(14)16/h3-9,12-13H,10-11H2,1-2H3. The average Bonchev–Trinajstić information content (AvgIpc) is 2.91. The Labute approximate surface area is 124 Å². The lowest BCUT2D eigenvalue weighted by Gasteiger charge is -2.11. The molecule has 108 valence electrons. The third kappa shape index (κ3) is 3.05. The monoisotopic (exact) mass is 281 g/mol. The SMILES string of the molecule is CC(C)Cn1ncnc1COc1cccc2ccccc12. The predicted octanol–water partition coefficient (Wildman–Crippen LogP) is 3.67. The number of nitrogens with zero attached hydrogens (tertiary/aromatic N) is 3. The zero-order valence-corrected chi connectivity index (χ0v) is 12.4. The molecule has 0 saturated carbocycles. The lowest BCUT2D eigenvalue weighted by atomic mass is 10.1. The Morgan fingerprint density at radius 1 is 1.10 bits per heavy atom. The number of benzene rings is 2. The molecular weight excluding hydrogens is 262 g/mol. The third-order valence-electron chi connectivity index (χ3n) is 3.34. The van der Waals surface area contributed by atoms with E-state index < -0.39 is 0 Å². The number of rotatable bonds is 5. The van der Waals surface area contributed by atoms with Crippen molar-refractivity contribution in [3.63, 3.8) is 0 Å². The number of aromatic nitrogens is 3. The van der Waals surface area contributed by atoms with E-state index in [0.717, 1.165) is 23.5 Å². The summed E-state index contributed by atoms with van der Waals surface area (Å²) in [5.74, 6) is 2.27. The maximum absolute atomic E-state index is 5.96. The molecule has 0 amide bonds. The van der Waals surface area contributed by atoms with Crippen LogP contribution in [-0.4, -0.2) is 14.8 Å². The molecule has 2 aromatic carbocycles. The Balaban J connectivity index is 1.79. The van der Waals surface area contributed by atoms with Gasteiger partial charge in [-0.15, -0.1) is 0 Å². The van der Waals surface area contributed by atoms with Crippen LogP contribution in [0, 0.1) is 5.92 Å². The molecule has 3 rings (SSSR count). The highest BCUT2D eigenvalue weighted by Crippen LogP contribution is 2.25. The van der Waals surface area contributed by atoms with Crippen molar-refractivity contribution in [3.8, 4) is 5.75 Å². The Bertz CT molecular complexity index is 728. The van der Waals surface area contributed by atoms with Gasteiger partial charge < -0.3 is 4.74 Å². The van der Waals surface area contributed by atoms with Gasteiger partial charge in [0.15, 0.2) is 5.82 Å². The Kier molecular flexibility index (Phi) is 3.86. The molecule has 0 radical (unpaired) electrons. The Hall–Kier alpha value is -2.36. The molecule has 4 heteroatoms. The summed E-state index contributed by atoms with van der Waals surface area (Å²) in [5.41, 5.74) is 0. The van der Waals surface area contributed by atoms with Crippen LogP contribution in [0.2, 0.25) is 0 Å². The first kappa shape index (κ1) is 13.6. The molecule has 0 aliphatic heterocycles. The lowest BCUT2D eigenvalue weighted by molar-refractivity contribution is 0.286. The fourth-order valence-corrected chi connectivity index (χ4v) is 2.36. The summed E-state index contributed by atoms with van der Waals surface area (Å²) < 4.78 is 7.88. The lowest BCUT2D eigenvalue weighted by Crippen LogP contribution is -2.12. The molecule has 0 saturated heterocycles. The number of fused-ring (bicyclic) bond motifs is 1. The van der Waals surface area contributed by atoms with E-state index in [-0.39, 0.29) is 0 Å². The first-order chi connectivity index (χ1) is 10.2. The maximum atomic E-state index is 5.96. The molecular formula is C17H19N3O. The molecule has 1 heterocycles. The Morgan fingerprint density at radius 2 is 1.90 bits per heavy atom. The van der Waals surface area contributed by atoms with Gasteiger partial charge >= 0.3 is 0 Å². The average molecular weight is 281 g/mol. The summed E-state index contributed by atoms with van der Waals surface area (Å²) in [5, 5.41) is 6.56. The van der Waals surface area contributed by atoms with Gasteiger partial charge in [0.2, 0.25) is 0 Å². The third-order valence-corrected chi connectivity index (χ3v) is 3.34. The molecule has 0 aliphatic rings. The zero-order valence-electron chi connectivity index (χ0n) is 12.4. The minimum atomic E-state index is 0.431. The largest absolute Gasteiger partial charge is 0.485 e. The first-order valence-corrected chi connectivity index (χ1v) is 7.21. The van der Waals surface area contributed by atoms with Crippen LogP contribution < -0.4 is 4.74 Å². The van der Waals surface area contributed by atoms with Gasteiger partial charge in [0.1, 0.15) is 18.7 Å². The van der Waals surface area contributed by atoms with Crippen molar-refractivity contribution in [2.45, 2.75) is 27.0 Å². The highest BCUT2D eigenvalue weighted by molar-refractivity contribution is 5.88. The Morgan fingerprint density at radius 3 is 2.76 bits per heavy atom. The number of hydrogen-bond acceptors (Lipinski definition) is 3. The topological polar surface area (TPSA) is 39.9 Å². The van der Waals surface area contributed by atoms with Crippen molar-refractivity contribution in [2.75, 3.05) is 0 Å². The normalized spacial score (nSPS) is 11.2. The summed E-state index contributed by atoms with van der Waals surface area (Å²) in [6.45, 7) is 5.61. The predicted molar refractivity (Wildman–Crippen MR) is 83.1 cm³/mol. The van der Waals surface area contributed by atoms with Crippen molar-refractivity contribution in [2.24, 2.45) is 5.92 Å². The van der Waals surface area contributed by atoms with E-state index >= 15 is 0 Å². The van der Waals surface area contributed by atoms with E-state index in [1.807, 2.05) is 28.9 Å². The summed E-state index contributed by atoms with van der Waals surface area (Å²) in [4.78, 5) is 4.29. The van der Waals surface area contributed by atoms with Crippen LogP contribution in [0.15, 0.2) is 48.8 Å². The van der Waals surface area contributed by atoms with Crippen LogP contribution in [0.3, 0.4) is 0 Å². The smallest absolute Gasteiger partial charge is 0.164 e. The van der Waals surface area contributed by atoms with Gasteiger partial charge in [0, 0.05) is 11.9 Å². The van der Waals surface area contributed by atoms with Crippen molar-refractivity contribution in [1.29, 1.82) is 0 Å². The molecule has 3 aromatic rings. The highest BCUT2D eigenvalue weighted by atomic mass is 16.5. The molecule has 21 heavy (non-hydrogen) atoms. The van der Waals surface area contributed by atoms with Crippen molar-refractivity contribution < 1.29 is 4.74 Å². The van der Waals surface area contributed by atoms with Gasteiger partial charge in [0.05, 0.1) is 0 Å². The summed E-state index contributed by atoms with van der Waals surface area (Å²) in [6.07, 6.45) is 1.59. The summed E-state index contributed by atoms with van der Waals surface area (Å²) in [6, 6.07) is 14.3. The van der Waals surface area contributed by atoms with E-state index in [0.29, 0.717) is 12.5 Å². The van der Waals surface area contributed by atoms with Crippen molar-refractivity contribution in [3.05, 3.63) is 54.6 Å². The van der Waals surface area contributed by atoms with Gasteiger partial charge in [-0.2, -0.15) is 5.10 Å². The molecule has 1 aromatic heterocycles. The van der Waals surface area contributed by atoms with Gasteiger partial charge in [-0.3, -0.25) is 0 Å². The van der Waals surface area contributed by atoms with E-state index in [9.17, 15) is 0 Å². The van der Waals surface area contributed by atoms with E-state index in [1.54, 1.807) is 6.33 Å². The molecule has 4 nitrogen and oxygen atoms in total. The van der Waals surface area contributed by atoms with E-state index in [1.165, 1.54) is 5.39 Å². The minimum Gasteiger partial charge on any atom is -0.485 e. The van der Waals surface area contributed by atoms with Crippen LogP contribution >= 0.6 is 0 Å². The summed E-state index contributed by atoms with van der Waals surface area (Å²) in [7, 11) is 0. The van der Waals surface area contributed by atoms with E-state index in [2.05, 4.69) is 42.1 Å². The highest BCUT2D eigenvalue weighted by Gasteiger charge is 2.08. The second kappa shape index (κ2) is 5.95. The molecule has 0 atom stereocenters. The van der Waals surface area contributed by atoms with Crippen LogP contribution in [0.4, 0.5) is 0 Å². The molecule has 0 bridgehead atoms. The molecule has 0 unspecified atom stereocenters. The maximum Gasteiger partial charge on any atom is 0.164 e. The van der Waals surface area contributed by atoms with Crippen LogP contribution in [0.1, 0.15) is 19.7 Å². The van der Waals surface area contributed by atoms with E-state index in [4.69, 9.17) is 4.74 Å². The first-order valence-electron chi connectivity index (χ1n) is 7.21. The minimum absolute atomic E-state index is 0.431. The van der Waals surface area contributed by atoms with Crippen LogP contribution in [0.5, 0.6) is 5.75 Å². The van der Waals surface area contributed by atoms with Crippen LogP contribution in [0.25, 0.3) is 10.8 Å². The van der Waals surface area contributed by atoms with Crippen molar-refractivity contribution in [1.82, 2.24) is 14.8 Å². The van der Waals surface area contributed by atoms with Gasteiger partial charge in [-0.1, -0.05) is 50.2 Å². The van der Waals surface area contributed by atoms with Crippen LogP contribution in [-0.2, 0) is 13.2 Å². The molecule has 0 aliphatic carbocycles. The fourth-order valence-electron chi connectivity index (χ4n) is 2.36. The summed E-state index contributed by atoms with van der Waals surface area (Å²) >= 11 is 0. The quantitative estimate of drug-likeness (QED) is 0.716. The zero-order chi connectivity index (χ0) is 14.7. The van der Waals surface area contributed by atoms with Crippen molar-refractivity contribution >= 4 is 10.8 Å². The number of hydrogen-bond donors (Lipinski definition) is 0.